The first-order valence-electron chi connectivity index (χ1n) is 7.20. The van der Waals surface area contributed by atoms with Crippen molar-refractivity contribution in [1.29, 1.82) is 0 Å². The van der Waals surface area contributed by atoms with Crippen LogP contribution in [0.15, 0.2) is 24.3 Å². The number of aryl methyl sites for hydroxylation is 2. The van der Waals surface area contributed by atoms with Crippen LogP contribution in [0, 0.1) is 12.7 Å². The number of halogens is 1. The van der Waals surface area contributed by atoms with Gasteiger partial charge in [-0.2, -0.15) is 5.10 Å². The highest BCUT2D eigenvalue weighted by atomic mass is 19.1. The summed E-state index contributed by atoms with van der Waals surface area (Å²) in [6, 6.07) is 5.74. The molecular formula is C16H20FN3O3. The molecule has 0 radical (unpaired) electrons. The molecule has 0 saturated heterocycles. The number of amides is 1. The first kappa shape index (κ1) is 16.8. The maximum Gasteiger partial charge on any atom is 0.258 e. The van der Waals surface area contributed by atoms with Crippen molar-refractivity contribution in [1.82, 2.24) is 15.1 Å². The van der Waals surface area contributed by atoms with Gasteiger partial charge in [0, 0.05) is 7.05 Å². The summed E-state index contributed by atoms with van der Waals surface area (Å²) in [5.41, 5.74) is 0.998. The Morgan fingerprint density at radius 3 is 2.65 bits per heavy atom. The first-order chi connectivity index (χ1) is 10.9. The zero-order chi connectivity index (χ0) is 17.0. The second kappa shape index (κ2) is 7.13. The Kier molecular flexibility index (Phi) is 5.20. The fourth-order valence-corrected chi connectivity index (χ4v) is 2.24. The normalized spacial score (nSPS) is 11.9. The topological polar surface area (TPSA) is 65.4 Å². The van der Waals surface area contributed by atoms with Crippen LogP contribution in [-0.4, -0.2) is 35.4 Å². The number of carbonyl (C=O) groups excluding carboxylic acids is 1. The van der Waals surface area contributed by atoms with Gasteiger partial charge in [-0.3, -0.25) is 4.79 Å². The van der Waals surface area contributed by atoms with Crippen molar-refractivity contribution in [3.05, 3.63) is 41.3 Å². The van der Waals surface area contributed by atoms with Crippen molar-refractivity contribution >= 4 is 5.91 Å². The maximum absolute atomic E-state index is 12.8. The van der Waals surface area contributed by atoms with Gasteiger partial charge in [0.15, 0.2) is 0 Å². The summed E-state index contributed by atoms with van der Waals surface area (Å²) in [5.74, 6) is 0.356. The highest BCUT2D eigenvalue weighted by Gasteiger charge is 2.21. The summed E-state index contributed by atoms with van der Waals surface area (Å²) in [6.45, 7) is 3.86. The molecule has 0 aliphatic rings. The van der Waals surface area contributed by atoms with Gasteiger partial charge >= 0.3 is 0 Å². The smallest absolute Gasteiger partial charge is 0.258 e. The summed E-state index contributed by atoms with van der Waals surface area (Å²) >= 11 is 0. The fraction of sp³-hybridized carbons (Fsp3) is 0.375. The molecule has 0 aliphatic heterocycles. The lowest BCUT2D eigenvalue weighted by Gasteiger charge is -2.15. The zero-order valence-corrected chi connectivity index (χ0v) is 13.6. The van der Waals surface area contributed by atoms with E-state index < -0.39 is 0 Å². The Bertz CT molecular complexity index is 683. The molecule has 0 spiro atoms. The van der Waals surface area contributed by atoms with Crippen LogP contribution in [0.25, 0.3) is 0 Å². The summed E-state index contributed by atoms with van der Waals surface area (Å²) in [6.07, 6.45) is -0.271. The van der Waals surface area contributed by atoms with Crippen LogP contribution in [-0.2, 0) is 7.05 Å². The summed E-state index contributed by atoms with van der Waals surface area (Å²) in [5, 5.41) is 6.96. The van der Waals surface area contributed by atoms with Gasteiger partial charge in [-0.1, -0.05) is 0 Å². The van der Waals surface area contributed by atoms with Gasteiger partial charge in [0.2, 0.25) is 5.88 Å². The molecule has 0 saturated carbocycles. The molecule has 2 aromatic rings. The van der Waals surface area contributed by atoms with Gasteiger partial charge in [0.1, 0.15) is 23.2 Å². The zero-order valence-electron chi connectivity index (χ0n) is 13.6. The average molecular weight is 321 g/mol. The lowest BCUT2D eigenvalue weighted by Crippen LogP contribution is -2.34. The van der Waals surface area contributed by atoms with E-state index in [1.807, 2.05) is 6.92 Å². The second-order valence-corrected chi connectivity index (χ2v) is 5.19. The molecule has 1 amide bonds. The summed E-state index contributed by atoms with van der Waals surface area (Å²) < 4.78 is 25.2. The van der Waals surface area contributed by atoms with Crippen molar-refractivity contribution in [3.63, 3.8) is 0 Å². The molecule has 0 aliphatic carbocycles. The monoisotopic (exact) mass is 321 g/mol. The van der Waals surface area contributed by atoms with Crippen LogP contribution < -0.4 is 14.8 Å². The van der Waals surface area contributed by atoms with E-state index in [0.717, 1.165) is 0 Å². The number of hydrogen-bond donors (Lipinski definition) is 1. The third kappa shape index (κ3) is 4.00. The van der Waals surface area contributed by atoms with Crippen molar-refractivity contribution in [2.45, 2.75) is 20.0 Å². The number of methoxy groups -OCH3 is 1. The number of carbonyl (C=O) groups is 1. The van der Waals surface area contributed by atoms with Gasteiger partial charge in [0.05, 0.1) is 19.3 Å². The standard InChI is InChI=1S/C16H20FN3O3/c1-10(23-13-7-5-12(17)6-8-13)9-18-15(21)14-11(2)19-20(3)16(14)22-4/h5-8,10H,9H2,1-4H3,(H,18,21)/t10-/m0/s1. The molecule has 0 fully saturated rings. The number of aromatic nitrogens is 2. The molecule has 1 heterocycles. The molecule has 124 valence electrons. The predicted molar refractivity (Wildman–Crippen MR) is 83.3 cm³/mol. The fourth-order valence-electron chi connectivity index (χ4n) is 2.24. The number of benzene rings is 1. The molecule has 2 rings (SSSR count). The van der Waals surface area contributed by atoms with Crippen LogP contribution in [0.3, 0.4) is 0 Å². The van der Waals surface area contributed by atoms with E-state index in [1.54, 1.807) is 26.1 Å². The van der Waals surface area contributed by atoms with Crippen LogP contribution in [0.5, 0.6) is 11.6 Å². The van der Waals surface area contributed by atoms with Gasteiger partial charge < -0.3 is 14.8 Å². The molecule has 0 bridgehead atoms. The third-order valence-electron chi connectivity index (χ3n) is 3.29. The highest BCUT2D eigenvalue weighted by molar-refractivity contribution is 5.97. The van der Waals surface area contributed by atoms with E-state index >= 15 is 0 Å². The second-order valence-electron chi connectivity index (χ2n) is 5.19. The van der Waals surface area contributed by atoms with Gasteiger partial charge in [0.25, 0.3) is 5.91 Å². The van der Waals surface area contributed by atoms with Crippen molar-refractivity contribution < 1.29 is 18.7 Å². The summed E-state index contributed by atoms with van der Waals surface area (Å²) in [4.78, 5) is 12.3. The van der Waals surface area contributed by atoms with E-state index in [-0.39, 0.29) is 17.8 Å². The summed E-state index contributed by atoms with van der Waals surface area (Å²) in [7, 11) is 3.20. The van der Waals surface area contributed by atoms with Crippen molar-refractivity contribution in [3.8, 4) is 11.6 Å². The Labute approximate surface area is 134 Å². The van der Waals surface area contributed by atoms with Gasteiger partial charge in [-0.05, 0) is 38.1 Å². The van der Waals surface area contributed by atoms with E-state index in [2.05, 4.69) is 10.4 Å². The molecule has 1 atom stereocenters. The Morgan fingerprint density at radius 1 is 1.39 bits per heavy atom. The largest absolute Gasteiger partial charge is 0.489 e. The molecule has 23 heavy (non-hydrogen) atoms. The molecule has 1 aromatic heterocycles. The minimum Gasteiger partial charge on any atom is -0.489 e. The number of rotatable bonds is 6. The Hall–Kier alpha value is -2.57. The Morgan fingerprint density at radius 2 is 2.04 bits per heavy atom. The predicted octanol–water partition coefficient (Wildman–Crippen LogP) is 2.07. The number of ether oxygens (including phenoxy) is 2. The molecule has 1 N–H and O–H groups in total. The lowest BCUT2D eigenvalue weighted by atomic mass is 10.2. The van der Waals surface area contributed by atoms with E-state index in [9.17, 15) is 9.18 Å². The van der Waals surface area contributed by atoms with Crippen molar-refractivity contribution in [2.24, 2.45) is 7.05 Å². The molecule has 6 nitrogen and oxygen atoms in total. The van der Waals surface area contributed by atoms with Crippen LogP contribution in [0.2, 0.25) is 0 Å². The minimum absolute atomic E-state index is 0.271. The van der Waals surface area contributed by atoms with Crippen LogP contribution in [0.1, 0.15) is 23.0 Å². The molecule has 1 aromatic carbocycles. The molecular weight excluding hydrogens is 301 g/mol. The first-order valence-corrected chi connectivity index (χ1v) is 7.20. The number of nitrogens with zero attached hydrogens (tertiary/aromatic N) is 2. The number of nitrogens with one attached hydrogen (secondary N) is 1. The lowest BCUT2D eigenvalue weighted by molar-refractivity contribution is 0.0928. The minimum atomic E-state index is -0.322. The SMILES string of the molecule is COc1c(C(=O)NC[C@H](C)Oc2ccc(F)cc2)c(C)nn1C. The average Bonchev–Trinajstić information content (AvgIpc) is 2.80. The van der Waals surface area contributed by atoms with Crippen molar-refractivity contribution in [2.75, 3.05) is 13.7 Å². The van der Waals surface area contributed by atoms with Crippen LogP contribution in [0.4, 0.5) is 4.39 Å². The van der Waals surface area contributed by atoms with Crippen LogP contribution >= 0.6 is 0 Å². The highest BCUT2D eigenvalue weighted by Crippen LogP contribution is 2.20. The number of hydrogen-bond acceptors (Lipinski definition) is 4. The van der Waals surface area contributed by atoms with Gasteiger partial charge in [-0.15, -0.1) is 0 Å². The van der Waals surface area contributed by atoms with Gasteiger partial charge in [-0.25, -0.2) is 9.07 Å². The quantitative estimate of drug-likeness (QED) is 0.884. The molecule has 7 heteroatoms. The molecule has 0 unspecified atom stereocenters. The van der Waals surface area contributed by atoms with E-state index in [4.69, 9.17) is 9.47 Å². The Balaban J connectivity index is 1.95. The van der Waals surface area contributed by atoms with E-state index in [0.29, 0.717) is 29.4 Å². The third-order valence-corrected chi connectivity index (χ3v) is 3.29. The van der Waals surface area contributed by atoms with E-state index in [1.165, 1.54) is 23.9 Å². The maximum atomic E-state index is 12.8.